The largest absolute Gasteiger partial charge is 0.394 e. The summed E-state index contributed by atoms with van der Waals surface area (Å²) in [5, 5.41) is 22.4. The third kappa shape index (κ3) is 4.49. The Balaban J connectivity index is 2.04. The van der Waals surface area contributed by atoms with E-state index in [1.54, 1.807) is 6.08 Å². The minimum Gasteiger partial charge on any atom is -0.394 e. The van der Waals surface area contributed by atoms with E-state index in [-0.39, 0.29) is 6.61 Å². The van der Waals surface area contributed by atoms with Gasteiger partial charge in [-0.1, -0.05) is 41.6 Å². The maximum absolute atomic E-state index is 9.52. The second-order valence-electron chi connectivity index (χ2n) is 4.70. The fourth-order valence-electron chi connectivity index (χ4n) is 1.96. The molecule has 0 aliphatic heterocycles. The smallest absolute Gasteiger partial charge is 0.241 e. The first-order chi connectivity index (χ1) is 10.2. The fraction of sp³-hybridized carbons (Fsp3) is 0.333. The van der Waals surface area contributed by atoms with Crippen molar-refractivity contribution in [2.45, 2.75) is 12.6 Å². The first-order valence-corrected chi connectivity index (χ1v) is 6.73. The quantitative estimate of drug-likeness (QED) is 0.708. The molecule has 0 bridgehead atoms. The molecule has 112 valence electrons. The Kier molecular flexibility index (Phi) is 5.62. The first-order valence-electron chi connectivity index (χ1n) is 6.73. The van der Waals surface area contributed by atoms with Crippen LogP contribution in [0.4, 0.5) is 0 Å². The maximum atomic E-state index is 9.52. The van der Waals surface area contributed by atoms with E-state index in [1.165, 1.54) is 0 Å². The number of aliphatic hydroxyl groups is 2. The highest BCUT2D eigenvalue weighted by Gasteiger charge is 2.15. The van der Waals surface area contributed by atoms with Crippen LogP contribution in [-0.2, 0) is 6.54 Å². The predicted octanol–water partition coefficient (Wildman–Crippen LogP) is 1.08. The van der Waals surface area contributed by atoms with Gasteiger partial charge < -0.3 is 14.7 Å². The van der Waals surface area contributed by atoms with E-state index in [0.29, 0.717) is 31.3 Å². The molecule has 0 amide bonds. The molecule has 6 heteroatoms. The molecule has 1 atom stereocenters. The Morgan fingerprint density at radius 1 is 1.33 bits per heavy atom. The van der Waals surface area contributed by atoms with E-state index >= 15 is 0 Å². The second kappa shape index (κ2) is 7.68. The average Bonchev–Trinajstić information content (AvgIpc) is 2.97. The number of hydrogen-bond donors (Lipinski definition) is 2. The van der Waals surface area contributed by atoms with Gasteiger partial charge in [0.1, 0.15) is 0 Å². The lowest BCUT2D eigenvalue weighted by atomic mass is 10.2. The fourth-order valence-corrected chi connectivity index (χ4v) is 1.96. The van der Waals surface area contributed by atoms with E-state index in [1.807, 2.05) is 35.2 Å². The Morgan fingerprint density at radius 2 is 2.10 bits per heavy atom. The van der Waals surface area contributed by atoms with Gasteiger partial charge in [0.05, 0.1) is 19.3 Å². The summed E-state index contributed by atoms with van der Waals surface area (Å²) < 4.78 is 5.23. The van der Waals surface area contributed by atoms with Crippen molar-refractivity contribution in [1.29, 1.82) is 0 Å². The number of hydrogen-bond acceptors (Lipinski definition) is 6. The highest BCUT2D eigenvalue weighted by atomic mass is 16.5. The minimum atomic E-state index is -0.804. The zero-order chi connectivity index (χ0) is 15.1. The molecule has 1 heterocycles. The van der Waals surface area contributed by atoms with Crippen molar-refractivity contribution in [3.63, 3.8) is 0 Å². The summed E-state index contributed by atoms with van der Waals surface area (Å²) in [7, 11) is 0. The summed E-state index contributed by atoms with van der Waals surface area (Å²) in [4.78, 5) is 6.21. The van der Waals surface area contributed by atoms with Gasteiger partial charge >= 0.3 is 0 Å². The van der Waals surface area contributed by atoms with Crippen molar-refractivity contribution < 1.29 is 14.7 Å². The zero-order valence-corrected chi connectivity index (χ0v) is 11.7. The van der Waals surface area contributed by atoms with Crippen LogP contribution < -0.4 is 0 Å². The molecule has 2 N–H and O–H groups in total. The van der Waals surface area contributed by atoms with E-state index < -0.39 is 6.10 Å². The van der Waals surface area contributed by atoms with E-state index in [0.717, 1.165) is 5.56 Å². The summed E-state index contributed by atoms with van der Waals surface area (Å²) in [5.41, 5.74) is 0.887. The molecule has 2 aromatic rings. The van der Waals surface area contributed by atoms with Crippen molar-refractivity contribution in [3.8, 4) is 11.4 Å². The predicted molar refractivity (Wildman–Crippen MR) is 78.3 cm³/mol. The van der Waals surface area contributed by atoms with E-state index in [4.69, 9.17) is 9.63 Å². The van der Waals surface area contributed by atoms with Crippen LogP contribution in [0.1, 0.15) is 5.89 Å². The standard InChI is InChI=1S/C15H19N3O3/c1-2-8-18(9-13(20)11-19)10-14-16-15(17-21-14)12-6-4-3-5-7-12/h2-7,13,19-20H,1,8-11H2/t13-/m1/s1. The van der Waals surface area contributed by atoms with E-state index in [9.17, 15) is 5.11 Å². The van der Waals surface area contributed by atoms with Gasteiger partial charge in [0.25, 0.3) is 0 Å². The summed E-state index contributed by atoms with van der Waals surface area (Å²) in [6, 6.07) is 9.56. The molecule has 1 aromatic heterocycles. The molecule has 1 aromatic carbocycles. The maximum Gasteiger partial charge on any atom is 0.241 e. The monoisotopic (exact) mass is 289 g/mol. The van der Waals surface area contributed by atoms with Crippen LogP contribution in [0, 0.1) is 0 Å². The topological polar surface area (TPSA) is 82.6 Å². The Bertz CT molecular complexity index is 556. The van der Waals surface area contributed by atoms with Crippen LogP contribution in [-0.4, -0.2) is 51.1 Å². The van der Waals surface area contributed by atoms with Gasteiger partial charge in [0, 0.05) is 18.7 Å². The molecule has 6 nitrogen and oxygen atoms in total. The molecular formula is C15H19N3O3. The number of aliphatic hydroxyl groups excluding tert-OH is 2. The highest BCUT2D eigenvalue weighted by Crippen LogP contribution is 2.15. The van der Waals surface area contributed by atoms with Gasteiger partial charge in [0.15, 0.2) is 0 Å². The van der Waals surface area contributed by atoms with Gasteiger partial charge in [-0.05, 0) is 0 Å². The Hall–Kier alpha value is -2.02. The molecule has 2 rings (SSSR count). The van der Waals surface area contributed by atoms with Crippen LogP contribution in [0.25, 0.3) is 11.4 Å². The second-order valence-corrected chi connectivity index (χ2v) is 4.70. The number of benzene rings is 1. The van der Waals surface area contributed by atoms with Crippen LogP contribution in [0.5, 0.6) is 0 Å². The number of aromatic nitrogens is 2. The molecule has 0 unspecified atom stereocenters. The van der Waals surface area contributed by atoms with Crippen molar-refractivity contribution >= 4 is 0 Å². The third-order valence-corrected chi connectivity index (χ3v) is 2.93. The number of rotatable bonds is 8. The summed E-state index contributed by atoms with van der Waals surface area (Å²) in [5.74, 6) is 0.993. The first kappa shape index (κ1) is 15.4. The molecule has 21 heavy (non-hydrogen) atoms. The Labute approximate surface area is 123 Å². The Morgan fingerprint density at radius 3 is 2.76 bits per heavy atom. The van der Waals surface area contributed by atoms with Gasteiger partial charge in [-0.2, -0.15) is 4.98 Å². The van der Waals surface area contributed by atoms with Gasteiger partial charge in [-0.15, -0.1) is 6.58 Å². The van der Waals surface area contributed by atoms with Crippen molar-refractivity contribution in [2.75, 3.05) is 19.7 Å². The normalized spacial score (nSPS) is 12.5. The molecule has 0 fully saturated rings. The third-order valence-electron chi connectivity index (χ3n) is 2.93. The number of nitrogens with zero attached hydrogens (tertiary/aromatic N) is 3. The molecule has 0 aliphatic carbocycles. The molecular weight excluding hydrogens is 270 g/mol. The van der Waals surface area contributed by atoms with Crippen LogP contribution in [0.15, 0.2) is 47.5 Å². The van der Waals surface area contributed by atoms with Crippen molar-refractivity contribution in [1.82, 2.24) is 15.0 Å². The van der Waals surface area contributed by atoms with Crippen molar-refractivity contribution in [2.24, 2.45) is 0 Å². The lowest BCUT2D eigenvalue weighted by molar-refractivity contribution is 0.0574. The molecule has 0 aliphatic rings. The molecule has 0 saturated heterocycles. The lowest BCUT2D eigenvalue weighted by Crippen LogP contribution is -2.34. The SMILES string of the molecule is C=CCN(Cc1nc(-c2ccccc2)no1)C[C@@H](O)CO. The molecule has 0 spiro atoms. The zero-order valence-electron chi connectivity index (χ0n) is 11.7. The molecule has 0 radical (unpaired) electrons. The minimum absolute atomic E-state index is 0.285. The van der Waals surface area contributed by atoms with Crippen LogP contribution in [0.3, 0.4) is 0 Å². The van der Waals surface area contributed by atoms with Crippen molar-refractivity contribution in [3.05, 3.63) is 48.9 Å². The average molecular weight is 289 g/mol. The van der Waals surface area contributed by atoms with E-state index in [2.05, 4.69) is 16.7 Å². The summed E-state index contributed by atoms with van der Waals surface area (Å²) >= 11 is 0. The van der Waals surface area contributed by atoms with Gasteiger partial charge in [-0.25, -0.2) is 0 Å². The highest BCUT2D eigenvalue weighted by molar-refractivity contribution is 5.53. The van der Waals surface area contributed by atoms with Crippen LogP contribution in [0.2, 0.25) is 0 Å². The summed E-state index contributed by atoms with van der Waals surface area (Å²) in [6.45, 7) is 4.65. The van der Waals surface area contributed by atoms with Crippen LogP contribution >= 0.6 is 0 Å². The van der Waals surface area contributed by atoms with Gasteiger partial charge in [-0.3, -0.25) is 4.90 Å². The summed E-state index contributed by atoms with van der Waals surface area (Å²) in [6.07, 6.45) is 0.917. The lowest BCUT2D eigenvalue weighted by Gasteiger charge is -2.20. The van der Waals surface area contributed by atoms with Gasteiger partial charge in [0.2, 0.25) is 11.7 Å². The molecule has 0 saturated carbocycles.